The van der Waals surface area contributed by atoms with Gasteiger partial charge in [-0.1, -0.05) is 29.8 Å². The van der Waals surface area contributed by atoms with Crippen molar-refractivity contribution < 1.29 is 23.1 Å². The van der Waals surface area contributed by atoms with E-state index in [9.17, 15) is 13.2 Å². The third-order valence-electron chi connectivity index (χ3n) is 5.54. The topological polar surface area (TPSA) is 109 Å². The van der Waals surface area contributed by atoms with Crippen LogP contribution in [0.5, 0.6) is 0 Å². The fraction of sp³-hybridized carbons (Fsp3) is 0.455. The van der Waals surface area contributed by atoms with E-state index in [4.69, 9.17) is 9.84 Å². The van der Waals surface area contributed by atoms with E-state index < -0.39 is 22.2 Å². The molecule has 1 aliphatic rings. The number of hydrogen-bond donors (Lipinski definition) is 2. The van der Waals surface area contributed by atoms with Crippen molar-refractivity contribution >= 4 is 16.1 Å². The highest BCUT2D eigenvalue weighted by atomic mass is 32.2. The SMILES string of the molecule is Cc1ccc(C)c(COC2CCN(S(=O)(=O)CC(NC(=O)O)c3cccnc3)CC2)c1. The highest BCUT2D eigenvalue weighted by molar-refractivity contribution is 7.89. The predicted octanol–water partition coefficient (Wildman–Crippen LogP) is 3.02. The van der Waals surface area contributed by atoms with Crippen LogP contribution in [0, 0.1) is 13.8 Å². The van der Waals surface area contributed by atoms with E-state index in [-0.39, 0.29) is 11.9 Å². The lowest BCUT2D eigenvalue weighted by molar-refractivity contribution is 0.00996. The molecule has 1 unspecified atom stereocenters. The molecule has 1 aromatic carbocycles. The van der Waals surface area contributed by atoms with Gasteiger partial charge in [-0.05, 0) is 49.4 Å². The number of benzene rings is 1. The second kappa shape index (κ2) is 10.2. The summed E-state index contributed by atoms with van der Waals surface area (Å²) in [7, 11) is -3.66. The molecule has 31 heavy (non-hydrogen) atoms. The molecular formula is C22H29N3O5S. The van der Waals surface area contributed by atoms with Crippen LogP contribution in [0.4, 0.5) is 4.79 Å². The number of aryl methyl sites for hydroxylation is 2. The molecule has 1 amide bonds. The second-order valence-corrected chi connectivity index (χ2v) is 9.92. The van der Waals surface area contributed by atoms with E-state index in [1.807, 2.05) is 6.92 Å². The average Bonchev–Trinajstić information content (AvgIpc) is 2.74. The van der Waals surface area contributed by atoms with Crippen molar-refractivity contribution in [2.45, 2.75) is 45.4 Å². The summed E-state index contributed by atoms with van der Waals surface area (Å²) in [5.41, 5.74) is 4.02. The number of carbonyl (C=O) groups is 1. The van der Waals surface area contributed by atoms with Crippen LogP contribution in [0.3, 0.4) is 0 Å². The number of piperidine rings is 1. The van der Waals surface area contributed by atoms with Crippen LogP contribution in [0.15, 0.2) is 42.7 Å². The first-order chi connectivity index (χ1) is 14.7. The van der Waals surface area contributed by atoms with Crippen LogP contribution in [-0.4, -0.2) is 53.9 Å². The fourth-order valence-electron chi connectivity index (χ4n) is 3.71. The van der Waals surface area contributed by atoms with Gasteiger partial charge >= 0.3 is 6.09 Å². The number of hydrogen-bond acceptors (Lipinski definition) is 5. The van der Waals surface area contributed by atoms with Crippen LogP contribution in [-0.2, 0) is 21.4 Å². The Hall–Kier alpha value is -2.49. The molecule has 1 aliphatic heterocycles. The number of nitrogens with zero attached hydrogens (tertiary/aromatic N) is 2. The quantitative estimate of drug-likeness (QED) is 0.644. The molecule has 2 N–H and O–H groups in total. The molecule has 0 radical (unpaired) electrons. The Morgan fingerprint density at radius 1 is 1.29 bits per heavy atom. The van der Waals surface area contributed by atoms with E-state index in [2.05, 4.69) is 35.4 Å². The number of aromatic nitrogens is 1. The summed E-state index contributed by atoms with van der Waals surface area (Å²) < 4.78 is 33.4. The molecule has 2 heterocycles. The normalized spacial score (nSPS) is 16.7. The number of amides is 1. The third-order valence-corrected chi connectivity index (χ3v) is 7.44. The smallest absolute Gasteiger partial charge is 0.405 e. The summed E-state index contributed by atoms with van der Waals surface area (Å²) in [4.78, 5) is 15.1. The standard InChI is InChI=1S/C22H29N3O5S/c1-16-5-6-17(2)19(12-16)14-30-20-7-10-25(11-8-20)31(28,29)15-21(24-22(26)27)18-4-3-9-23-13-18/h3-6,9,12-13,20-21,24H,7-8,10-11,14-15H2,1-2H3,(H,26,27). The first-order valence-electron chi connectivity index (χ1n) is 10.3. The fourth-order valence-corrected chi connectivity index (χ4v) is 5.38. The Morgan fingerprint density at radius 3 is 2.68 bits per heavy atom. The van der Waals surface area contributed by atoms with E-state index in [0.29, 0.717) is 38.1 Å². The highest BCUT2D eigenvalue weighted by Gasteiger charge is 2.31. The summed E-state index contributed by atoms with van der Waals surface area (Å²) in [5, 5.41) is 11.4. The average molecular weight is 448 g/mol. The first kappa shape index (κ1) is 23.2. The number of nitrogens with one attached hydrogen (secondary N) is 1. The van der Waals surface area contributed by atoms with Crippen molar-refractivity contribution in [1.82, 2.24) is 14.6 Å². The van der Waals surface area contributed by atoms with Gasteiger partial charge in [-0.25, -0.2) is 17.5 Å². The van der Waals surface area contributed by atoms with Gasteiger partial charge in [0.05, 0.1) is 24.5 Å². The van der Waals surface area contributed by atoms with Crippen molar-refractivity contribution in [1.29, 1.82) is 0 Å². The molecule has 1 aromatic heterocycles. The number of sulfonamides is 1. The van der Waals surface area contributed by atoms with Crippen molar-refractivity contribution in [3.8, 4) is 0 Å². The lowest BCUT2D eigenvalue weighted by Crippen LogP contribution is -2.44. The lowest BCUT2D eigenvalue weighted by atomic mass is 10.1. The van der Waals surface area contributed by atoms with Crippen molar-refractivity contribution in [2.75, 3.05) is 18.8 Å². The zero-order valence-corrected chi connectivity index (χ0v) is 18.6. The Bertz CT molecular complexity index is 989. The maximum atomic E-state index is 13.0. The van der Waals surface area contributed by atoms with Gasteiger partial charge in [0.15, 0.2) is 0 Å². The van der Waals surface area contributed by atoms with Gasteiger partial charge in [-0.15, -0.1) is 0 Å². The van der Waals surface area contributed by atoms with Gasteiger partial charge in [0.1, 0.15) is 0 Å². The molecule has 2 aromatic rings. The minimum atomic E-state index is -3.66. The third kappa shape index (κ3) is 6.49. The van der Waals surface area contributed by atoms with Crippen LogP contribution >= 0.6 is 0 Å². The molecule has 0 saturated carbocycles. The highest BCUT2D eigenvalue weighted by Crippen LogP contribution is 2.22. The van der Waals surface area contributed by atoms with Crippen LogP contribution < -0.4 is 5.32 Å². The van der Waals surface area contributed by atoms with Crippen LogP contribution in [0.25, 0.3) is 0 Å². The van der Waals surface area contributed by atoms with E-state index in [1.165, 1.54) is 21.6 Å². The van der Waals surface area contributed by atoms with Crippen molar-refractivity contribution in [3.63, 3.8) is 0 Å². The Labute approximate surface area is 183 Å². The molecular weight excluding hydrogens is 418 g/mol. The van der Waals surface area contributed by atoms with Crippen LogP contribution in [0.1, 0.15) is 41.1 Å². The van der Waals surface area contributed by atoms with Crippen molar-refractivity contribution in [3.05, 3.63) is 65.0 Å². The summed E-state index contributed by atoms with van der Waals surface area (Å²) in [6.45, 7) is 5.32. The van der Waals surface area contributed by atoms with E-state index >= 15 is 0 Å². The Kier molecular flexibility index (Phi) is 7.64. The zero-order valence-electron chi connectivity index (χ0n) is 17.8. The monoisotopic (exact) mass is 447 g/mol. The summed E-state index contributed by atoms with van der Waals surface area (Å²) in [5.74, 6) is -0.348. The summed E-state index contributed by atoms with van der Waals surface area (Å²) in [6.07, 6.45) is 2.96. The number of rotatable bonds is 8. The minimum Gasteiger partial charge on any atom is -0.465 e. The van der Waals surface area contributed by atoms with Gasteiger partial charge in [0.25, 0.3) is 0 Å². The molecule has 0 bridgehead atoms. The van der Waals surface area contributed by atoms with Gasteiger partial charge in [0.2, 0.25) is 10.0 Å². The molecule has 1 fully saturated rings. The maximum absolute atomic E-state index is 13.0. The number of carboxylic acid groups (broad SMARTS) is 1. The summed E-state index contributed by atoms with van der Waals surface area (Å²) in [6, 6.07) is 8.69. The maximum Gasteiger partial charge on any atom is 0.405 e. The van der Waals surface area contributed by atoms with Gasteiger partial charge in [0, 0.05) is 25.5 Å². The van der Waals surface area contributed by atoms with Gasteiger partial charge in [-0.2, -0.15) is 0 Å². The first-order valence-corrected chi connectivity index (χ1v) is 11.9. The second-order valence-electron chi connectivity index (χ2n) is 7.91. The van der Waals surface area contributed by atoms with E-state index in [1.54, 1.807) is 18.3 Å². The van der Waals surface area contributed by atoms with Gasteiger partial charge in [-0.3, -0.25) is 4.98 Å². The number of pyridine rings is 1. The zero-order chi connectivity index (χ0) is 22.4. The van der Waals surface area contributed by atoms with Crippen molar-refractivity contribution in [2.24, 2.45) is 0 Å². The minimum absolute atomic E-state index is 0.00220. The molecule has 0 aliphatic carbocycles. The van der Waals surface area contributed by atoms with E-state index in [0.717, 1.165) is 5.56 Å². The summed E-state index contributed by atoms with van der Waals surface area (Å²) >= 11 is 0. The largest absolute Gasteiger partial charge is 0.465 e. The molecule has 1 saturated heterocycles. The Balaban J connectivity index is 1.57. The van der Waals surface area contributed by atoms with Crippen LogP contribution in [0.2, 0.25) is 0 Å². The lowest BCUT2D eigenvalue weighted by Gasteiger charge is -2.32. The molecule has 1 atom stereocenters. The number of ether oxygens (including phenoxy) is 1. The molecule has 0 spiro atoms. The molecule has 8 nitrogen and oxygen atoms in total. The molecule has 3 rings (SSSR count). The predicted molar refractivity (Wildman–Crippen MR) is 117 cm³/mol. The molecule has 168 valence electrons. The molecule has 9 heteroatoms. The Morgan fingerprint density at radius 2 is 2.03 bits per heavy atom. The van der Waals surface area contributed by atoms with Gasteiger partial charge < -0.3 is 15.2 Å².